The predicted molar refractivity (Wildman–Crippen MR) is 57.9 cm³/mol. The molecule has 1 rings (SSSR count). The predicted octanol–water partition coefficient (Wildman–Crippen LogP) is 3.24. The Kier molecular flexibility index (Phi) is 3.94. The number of benzene rings is 1. The minimum atomic E-state index is -0.733. The van der Waals surface area contributed by atoms with Gasteiger partial charge in [0, 0.05) is 11.1 Å². The molecule has 15 heavy (non-hydrogen) atoms. The summed E-state index contributed by atoms with van der Waals surface area (Å²) >= 11 is 5.69. The van der Waals surface area contributed by atoms with Crippen molar-refractivity contribution in [3.63, 3.8) is 0 Å². The van der Waals surface area contributed by atoms with Crippen molar-refractivity contribution in [1.29, 1.82) is 0 Å². The molecule has 0 radical (unpaired) electrons. The molecule has 0 fully saturated rings. The Morgan fingerprint density at radius 1 is 1.60 bits per heavy atom. The van der Waals surface area contributed by atoms with E-state index in [1.54, 1.807) is 20.8 Å². The second-order valence-electron chi connectivity index (χ2n) is 3.32. The van der Waals surface area contributed by atoms with Crippen LogP contribution in [-0.4, -0.2) is 11.7 Å². The summed E-state index contributed by atoms with van der Waals surface area (Å²) in [6, 6.07) is 1.40. The first kappa shape index (κ1) is 12.3. The van der Waals surface area contributed by atoms with E-state index in [-0.39, 0.29) is 5.02 Å². The molecule has 1 unspecified atom stereocenters. The van der Waals surface area contributed by atoms with E-state index in [1.165, 1.54) is 6.07 Å². The average molecular weight is 233 g/mol. The molecular weight excluding hydrogens is 219 g/mol. The average Bonchev–Trinajstić information content (AvgIpc) is 2.18. The van der Waals surface area contributed by atoms with Gasteiger partial charge in [0.15, 0.2) is 0 Å². The summed E-state index contributed by atoms with van der Waals surface area (Å²) in [5.41, 5.74) is 0.848. The zero-order valence-electron chi connectivity index (χ0n) is 8.97. The maximum Gasteiger partial charge on any atom is 0.148 e. The molecule has 0 saturated heterocycles. The van der Waals surface area contributed by atoms with Gasteiger partial charge in [-0.2, -0.15) is 0 Å². The molecule has 0 aliphatic carbocycles. The first-order chi connectivity index (χ1) is 6.99. The molecule has 1 aromatic rings. The molecule has 1 aromatic carbocycles. The molecule has 0 aliphatic rings. The summed E-state index contributed by atoms with van der Waals surface area (Å²) in [4.78, 5) is 0. The van der Waals surface area contributed by atoms with Crippen LogP contribution in [0, 0.1) is 12.7 Å². The first-order valence-corrected chi connectivity index (χ1v) is 5.16. The largest absolute Gasteiger partial charge is 0.493 e. The molecule has 1 atom stereocenters. The van der Waals surface area contributed by atoms with Crippen LogP contribution < -0.4 is 4.74 Å². The minimum absolute atomic E-state index is 0.00635. The molecule has 0 aromatic heterocycles. The summed E-state index contributed by atoms with van der Waals surface area (Å²) < 4.78 is 18.8. The van der Waals surface area contributed by atoms with Crippen LogP contribution in [0.15, 0.2) is 6.07 Å². The van der Waals surface area contributed by atoms with Crippen molar-refractivity contribution in [1.82, 2.24) is 0 Å². The van der Waals surface area contributed by atoms with Gasteiger partial charge in [-0.15, -0.1) is 0 Å². The topological polar surface area (TPSA) is 29.5 Å². The van der Waals surface area contributed by atoms with E-state index >= 15 is 0 Å². The molecule has 4 heteroatoms. The van der Waals surface area contributed by atoms with Gasteiger partial charge in [0.2, 0.25) is 0 Å². The van der Waals surface area contributed by atoms with Gasteiger partial charge in [0.1, 0.15) is 11.6 Å². The molecule has 0 bridgehead atoms. The molecular formula is C11H14ClFO2. The van der Waals surface area contributed by atoms with Crippen LogP contribution in [0.4, 0.5) is 4.39 Å². The van der Waals surface area contributed by atoms with E-state index in [2.05, 4.69) is 0 Å². The van der Waals surface area contributed by atoms with E-state index in [0.29, 0.717) is 23.5 Å². The third-order valence-electron chi connectivity index (χ3n) is 2.16. The highest BCUT2D eigenvalue weighted by Crippen LogP contribution is 2.34. The molecule has 0 aliphatic heterocycles. The Bertz CT molecular complexity index is 364. The lowest BCUT2D eigenvalue weighted by Crippen LogP contribution is -2.04. The van der Waals surface area contributed by atoms with Crippen LogP contribution in [-0.2, 0) is 0 Å². The molecule has 1 N–H and O–H groups in total. The third-order valence-corrected chi connectivity index (χ3v) is 2.44. The van der Waals surface area contributed by atoms with Gasteiger partial charge >= 0.3 is 0 Å². The van der Waals surface area contributed by atoms with E-state index in [1.807, 2.05) is 0 Å². The summed E-state index contributed by atoms with van der Waals surface area (Å²) in [6.45, 7) is 5.39. The van der Waals surface area contributed by atoms with Gasteiger partial charge in [-0.1, -0.05) is 11.6 Å². The highest BCUT2D eigenvalue weighted by molar-refractivity contribution is 6.31. The van der Waals surface area contributed by atoms with Gasteiger partial charge < -0.3 is 9.84 Å². The van der Waals surface area contributed by atoms with Crippen molar-refractivity contribution in [3.05, 3.63) is 28.0 Å². The van der Waals surface area contributed by atoms with Crippen LogP contribution in [0.2, 0.25) is 5.02 Å². The fraction of sp³-hybridized carbons (Fsp3) is 0.455. The van der Waals surface area contributed by atoms with E-state index in [0.717, 1.165) is 0 Å². The highest BCUT2D eigenvalue weighted by Gasteiger charge is 2.17. The fourth-order valence-corrected chi connectivity index (χ4v) is 1.67. The number of halogens is 2. The van der Waals surface area contributed by atoms with Crippen molar-refractivity contribution < 1.29 is 14.2 Å². The van der Waals surface area contributed by atoms with Crippen molar-refractivity contribution in [3.8, 4) is 5.75 Å². The number of aliphatic hydroxyl groups excluding tert-OH is 1. The second-order valence-corrected chi connectivity index (χ2v) is 3.73. The van der Waals surface area contributed by atoms with Crippen molar-refractivity contribution in [2.75, 3.05) is 6.61 Å². The van der Waals surface area contributed by atoms with E-state index < -0.39 is 11.9 Å². The molecule has 0 saturated carbocycles. The molecule has 0 spiro atoms. The lowest BCUT2D eigenvalue weighted by atomic mass is 10.1. The Hall–Kier alpha value is -0.800. The minimum Gasteiger partial charge on any atom is -0.493 e. The summed E-state index contributed by atoms with van der Waals surface area (Å²) in [6.07, 6.45) is -0.733. The number of aliphatic hydroxyl groups is 1. The quantitative estimate of drug-likeness (QED) is 0.867. The lowest BCUT2D eigenvalue weighted by molar-refractivity contribution is 0.191. The Labute approximate surface area is 93.6 Å². The smallest absolute Gasteiger partial charge is 0.148 e. The molecule has 2 nitrogen and oxygen atoms in total. The van der Waals surface area contributed by atoms with Gasteiger partial charge in [-0.25, -0.2) is 4.39 Å². The maximum absolute atomic E-state index is 13.5. The lowest BCUT2D eigenvalue weighted by Gasteiger charge is -2.16. The maximum atomic E-state index is 13.5. The summed E-state index contributed by atoms with van der Waals surface area (Å²) in [7, 11) is 0. The van der Waals surface area contributed by atoms with E-state index in [9.17, 15) is 9.50 Å². The number of hydrogen-bond acceptors (Lipinski definition) is 2. The zero-order valence-corrected chi connectivity index (χ0v) is 9.73. The Morgan fingerprint density at radius 2 is 2.20 bits per heavy atom. The number of ether oxygens (including phenoxy) is 1. The second kappa shape index (κ2) is 4.81. The van der Waals surface area contributed by atoms with Crippen molar-refractivity contribution in [2.45, 2.75) is 26.9 Å². The first-order valence-electron chi connectivity index (χ1n) is 4.78. The number of hydrogen-bond donors (Lipinski definition) is 1. The van der Waals surface area contributed by atoms with Gasteiger partial charge in [0.05, 0.1) is 17.7 Å². The van der Waals surface area contributed by atoms with Crippen LogP contribution in [0.1, 0.15) is 31.1 Å². The van der Waals surface area contributed by atoms with Crippen molar-refractivity contribution >= 4 is 11.6 Å². The van der Waals surface area contributed by atoms with Gasteiger partial charge in [-0.05, 0) is 26.8 Å². The van der Waals surface area contributed by atoms with Crippen molar-refractivity contribution in [2.24, 2.45) is 0 Å². The van der Waals surface area contributed by atoms with Crippen LogP contribution in [0.25, 0.3) is 0 Å². The summed E-state index contributed by atoms with van der Waals surface area (Å²) in [5, 5.41) is 9.52. The zero-order chi connectivity index (χ0) is 11.6. The Morgan fingerprint density at radius 3 is 2.67 bits per heavy atom. The van der Waals surface area contributed by atoms with Crippen LogP contribution in [0.5, 0.6) is 5.75 Å². The van der Waals surface area contributed by atoms with Crippen LogP contribution >= 0.6 is 11.6 Å². The standard InChI is InChI=1S/C11H14ClFO2/c1-4-15-11-6(2)10(13)9(12)5-8(11)7(3)14/h5,7,14H,4H2,1-3H3. The fourth-order valence-electron chi connectivity index (χ4n) is 1.41. The monoisotopic (exact) mass is 232 g/mol. The normalized spacial score (nSPS) is 12.7. The van der Waals surface area contributed by atoms with E-state index in [4.69, 9.17) is 16.3 Å². The third kappa shape index (κ3) is 2.41. The van der Waals surface area contributed by atoms with Gasteiger partial charge in [0.25, 0.3) is 0 Å². The molecule has 0 heterocycles. The van der Waals surface area contributed by atoms with Crippen LogP contribution in [0.3, 0.4) is 0 Å². The molecule has 84 valence electrons. The number of rotatable bonds is 3. The van der Waals surface area contributed by atoms with Gasteiger partial charge in [-0.3, -0.25) is 0 Å². The summed E-state index contributed by atoms with van der Waals surface area (Å²) in [5.74, 6) is -0.112. The Balaban J connectivity index is 3.36. The molecule has 0 amide bonds. The SMILES string of the molecule is CCOc1c(C(C)O)cc(Cl)c(F)c1C. The highest BCUT2D eigenvalue weighted by atomic mass is 35.5.